The molecular formula is C16H17ClN2O. The number of hydrogen-bond acceptors (Lipinski definition) is 3. The van der Waals surface area contributed by atoms with Gasteiger partial charge in [-0.2, -0.15) is 0 Å². The number of hydrogen-bond donors (Lipinski definition) is 2. The molecule has 0 aromatic heterocycles. The SMILES string of the molecule is NNC(Cc1ccccc1Cl)c1cccc2c1OCC2. The van der Waals surface area contributed by atoms with Gasteiger partial charge in [0.25, 0.3) is 0 Å². The Bertz CT molecular complexity index is 615. The molecule has 0 bridgehead atoms. The van der Waals surface area contributed by atoms with Crippen molar-refractivity contribution >= 4 is 11.6 Å². The van der Waals surface area contributed by atoms with Gasteiger partial charge in [-0.15, -0.1) is 0 Å². The number of ether oxygens (including phenoxy) is 1. The van der Waals surface area contributed by atoms with Crippen molar-refractivity contribution in [1.82, 2.24) is 5.43 Å². The molecule has 2 aromatic carbocycles. The highest BCUT2D eigenvalue weighted by molar-refractivity contribution is 6.31. The summed E-state index contributed by atoms with van der Waals surface area (Å²) in [6.07, 6.45) is 1.70. The van der Waals surface area contributed by atoms with Crippen LogP contribution >= 0.6 is 11.6 Å². The number of rotatable bonds is 4. The molecular weight excluding hydrogens is 272 g/mol. The van der Waals surface area contributed by atoms with Crippen molar-refractivity contribution < 1.29 is 4.74 Å². The van der Waals surface area contributed by atoms with Crippen molar-refractivity contribution in [2.45, 2.75) is 18.9 Å². The van der Waals surface area contributed by atoms with Crippen molar-refractivity contribution in [2.24, 2.45) is 5.84 Å². The zero-order valence-corrected chi connectivity index (χ0v) is 11.9. The maximum absolute atomic E-state index is 6.23. The maximum atomic E-state index is 6.23. The largest absolute Gasteiger partial charge is 0.493 e. The van der Waals surface area contributed by atoms with Crippen LogP contribution in [0.1, 0.15) is 22.7 Å². The minimum absolute atomic E-state index is 0.0112. The summed E-state index contributed by atoms with van der Waals surface area (Å²) in [5.41, 5.74) is 6.31. The van der Waals surface area contributed by atoms with E-state index in [2.05, 4.69) is 23.6 Å². The molecule has 0 saturated heterocycles. The molecule has 0 aliphatic carbocycles. The van der Waals surface area contributed by atoms with E-state index in [9.17, 15) is 0 Å². The Balaban J connectivity index is 1.91. The molecule has 1 aliphatic rings. The second kappa shape index (κ2) is 5.83. The van der Waals surface area contributed by atoms with Gasteiger partial charge < -0.3 is 4.74 Å². The van der Waals surface area contributed by atoms with E-state index in [4.69, 9.17) is 22.2 Å². The molecule has 0 radical (unpaired) electrons. The lowest BCUT2D eigenvalue weighted by molar-refractivity contribution is 0.348. The fraction of sp³-hybridized carbons (Fsp3) is 0.250. The van der Waals surface area contributed by atoms with E-state index < -0.39 is 0 Å². The van der Waals surface area contributed by atoms with Gasteiger partial charge in [0.15, 0.2) is 0 Å². The average Bonchev–Trinajstić information content (AvgIpc) is 2.95. The molecule has 3 N–H and O–H groups in total. The number of benzene rings is 2. The molecule has 0 saturated carbocycles. The van der Waals surface area contributed by atoms with Crippen LogP contribution in [0.15, 0.2) is 42.5 Å². The molecule has 4 heteroatoms. The Labute approximate surface area is 123 Å². The van der Waals surface area contributed by atoms with E-state index in [1.54, 1.807) is 0 Å². The molecule has 0 fully saturated rings. The van der Waals surface area contributed by atoms with Crippen molar-refractivity contribution in [3.05, 3.63) is 64.2 Å². The summed E-state index contributed by atoms with van der Waals surface area (Å²) in [4.78, 5) is 0. The van der Waals surface area contributed by atoms with E-state index in [0.717, 1.165) is 41.3 Å². The van der Waals surface area contributed by atoms with Gasteiger partial charge in [-0.25, -0.2) is 0 Å². The Kier molecular flexibility index (Phi) is 3.92. The van der Waals surface area contributed by atoms with E-state index in [1.807, 2.05) is 24.3 Å². The Morgan fingerprint density at radius 1 is 1.20 bits per heavy atom. The van der Waals surface area contributed by atoms with Crippen molar-refractivity contribution in [3.8, 4) is 5.75 Å². The van der Waals surface area contributed by atoms with Crippen molar-refractivity contribution in [2.75, 3.05) is 6.61 Å². The summed E-state index contributed by atoms with van der Waals surface area (Å²) in [6.45, 7) is 0.746. The van der Waals surface area contributed by atoms with E-state index in [1.165, 1.54) is 5.56 Å². The predicted molar refractivity (Wildman–Crippen MR) is 80.9 cm³/mol. The summed E-state index contributed by atoms with van der Waals surface area (Å²) in [5.74, 6) is 6.72. The monoisotopic (exact) mass is 288 g/mol. The third-order valence-corrected chi connectivity index (χ3v) is 4.07. The smallest absolute Gasteiger partial charge is 0.127 e. The van der Waals surface area contributed by atoms with Gasteiger partial charge in [-0.1, -0.05) is 48.0 Å². The first-order chi connectivity index (χ1) is 9.79. The van der Waals surface area contributed by atoms with Crippen LogP contribution in [0.3, 0.4) is 0 Å². The van der Waals surface area contributed by atoms with Crippen molar-refractivity contribution in [1.29, 1.82) is 0 Å². The first-order valence-corrected chi connectivity index (χ1v) is 7.11. The fourth-order valence-corrected chi connectivity index (χ4v) is 2.87. The molecule has 1 heterocycles. The number of para-hydroxylation sites is 1. The zero-order valence-electron chi connectivity index (χ0n) is 11.1. The lowest BCUT2D eigenvalue weighted by Crippen LogP contribution is -2.30. The van der Waals surface area contributed by atoms with E-state index in [0.29, 0.717) is 0 Å². The topological polar surface area (TPSA) is 47.3 Å². The number of nitrogens with one attached hydrogen (secondary N) is 1. The number of hydrazine groups is 1. The summed E-state index contributed by atoms with van der Waals surface area (Å²) in [5, 5.41) is 0.765. The minimum Gasteiger partial charge on any atom is -0.493 e. The summed E-state index contributed by atoms with van der Waals surface area (Å²) in [7, 11) is 0. The van der Waals surface area contributed by atoms with Gasteiger partial charge in [0.1, 0.15) is 5.75 Å². The third-order valence-electron chi connectivity index (χ3n) is 3.70. The van der Waals surface area contributed by atoms with Crippen LogP contribution < -0.4 is 16.0 Å². The van der Waals surface area contributed by atoms with Gasteiger partial charge in [0.05, 0.1) is 12.6 Å². The number of halogens is 1. The molecule has 2 aromatic rings. The normalized spacial score (nSPS) is 14.7. The van der Waals surface area contributed by atoms with Crippen molar-refractivity contribution in [3.63, 3.8) is 0 Å². The van der Waals surface area contributed by atoms with E-state index in [-0.39, 0.29) is 6.04 Å². The minimum atomic E-state index is -0.0112. The molecule has 3 rings (SSSR count). The van der Waals surface area contributed by atoms with E-state index >= 15 is 0 Å². The summed E-state index contributed by atoms with van der Waals surface area (Å²) < 4.78 is 5.75. The Morgan fingerprint density at radius 2 is 2.05 bits per heavy atom. The van der Waals surface area contributed by atoms with Crippen LogP contribution in [0, 0.1) is 0 Å². The summed E-state index contributed by atoms with van der Waals surface area (Å²) >= 11 is 6.23. The standard InChI is InChI=1S/C16H17ClN2O/c17-14-7-2-1-4-12(14)10-15(19-18)13-6-3-5-11-8-9-20-16(11)13/h1-7,15,19H,8-10,18H2. The first kappa shape index (κ1) is 13.4. The first-order valence-electron chi connectivity index (χ1n) is 6.73. The lowest BCUT2D eigenvalue weighted by Gasteiger charge is -2.19. The third kappa shape index (κ3) is 2.52. The quantitative estimate of drug-likeness (QED) is 0.671. The van der Waals surface area contributed by atoms with Gasteiger partial charge in [0.2, 0.25) is 0 Å². The van der Waals surface area contributed by atoms with Crippen LogP contribution in [-0.2, 0) is 12.8 Å². The zero-order chi connectivity index (χ0) is 13.9. The molecule has 20 heavy (non-hydrogen) atoms. The van der Waals surface area contributed by atoms with Gasteiger partial charge in [-0.05, 0) is 23.6 Å². The van der Waals surface area contributed by atoms with Crippen LogP contribution in [0.25, 0.3) is 0 Å². The van der Waals surface area contributed by atoms with Gasteiger partial charge >= 0.3 is 0 Å². The highest BCUT2D eigenvalue weighted by Gasteiger charge is 2.22. The van der Waals surface area contributed by atoms with Crippen LogP contribution in [0.4, 0.5) is 0 Å². The van der Waals surface area contributed by atoms with Crippen LogP contribution in [0.5, 0.6) is 5.75 Å². The molecule has 1 unspecified atom stereocenters. The molecule has 3 nitrogen and oxygen atoms in total. The Morgan fingerprint density at radius 3 is 2.85 bits per heavy atom. The maximum Gasteiger partial charge on any atom is 0.127 e. The predicted octanol–water partition coefficient (Wildman–Crippen LogP) is 3.02. The molecule has 1 aliphatic heterocycles. The fourth-order valence-electron chi connectivity index (χ4n) is 2.66. The van der Waals surface area contributed by atoms with Gasteiger partial charge in [-0.3, -0.25) is 11.3 Å². The van der Waals surface area contributed by atoms with Crippen LogP contribution in [0.2, 0.25) is 5.02 Å². The molecule has 1 atom stereocenters. The highest BCUT2D eigenvalue weighted by atomic mass is 35.5. The molecule has 0 spiro atoms. The second-order valence-electron chi connectivity index (χ2n) is 4.95. The Hall–Kier alpha value is -1.55. The van der Waals surface area contributed by atoms with Gasteiger partial charge in [0, 0.05) is 17.0 Å². The molecule has 104 valence electrons. The number of nitrogens with two attached hydrogens (primary N) is 1. The average molecular weight is 289 g/mol. The highest BCUT2D eigenvalue weighted by Crippen LogP contribution is 2.35. The second-order valence-corrected chi connectivity index (χ2v) is 5.36. The van der Waals surface area contributed by atoms with Crippen LogP contribution in [-0.4, -0.2) is 6.61 Å². The number of fused-ring (bicyclic) bond motifs is 1. The molecule has 0 amide bonds. The summed E-state index contributed by atoms with van der Waals surface area (Å²) in [6, 6.07) is 14.1. The lowest BCUT2D eigenvalue weighted by atomic mass is 9.96.